The zero-order valence-electron chi connectivity index (χ0n) is 18.9. The van der Waals surface area contributed by atoms with Crippen LogP contribution in [0.25, 0.3) is 16.8 Å². The van der Waals surface area contributed by atoms with Crippen molar-refractivity contribution < 1.29 is 9.26 Å². The van der Waals surface area contributed by atoms with Gasteiger partial charge in [0.1, 0.15) is 17.6 Å². The Morgan fingerprint density at radius 3 is 2.58 bits per heavy atom. The van der Waals surface area contributed by atoms with E-state index in [4.69, 9.17) is 19.3 Å². The molecule has 3 heterocycles. The van der Waals surface area contributed by atoms with Gasteiger partial charge in [-0.2, -0.15) is 14.6 Å². The van der Waals surface area contributed by atoms with Crippen LogP contribution >= 0.6 is 0 Å². The first kappa shape index (κ1) is 20.8. The summed E-state index contributed by atoms with van der Waals surface area (Å²) < 4.78 is 12.7. The molecule has 0 aliphatic heterocycles. The van der Waals surface area contributed by atoms with Gasteiger partial charge in [-0.05, 0) is 57.4 Å². The number of fused-ring (bicyclic) bond motifs is 1. The van der Waals surface area contributed by atoms with Gasteiger partial charge in [0, 0.05) is 17.3 Å². The molecule has 1 N–H and O–H groups in total. The van der Waals surface area contributed by atoms with Crippen molar-refractivity contribution in [2.24, 2.45) is 0 Å². The average molecular weight is 421 g/mol. The molecule has 0 saturated carbocycles. The average Bonchev–Trinajstić information content (AvgIpc) is 3.30. The van der Waals surface area contributed by atoms with E-state index in [1.807, 2.05) is 43.5 Å². The number of nitrogens with zero attached hydrogens (tertiary/aromatic N) is 5. The lowest BCUT2D eigenvalue weighted by Gasteiger charge is -2.17. The van der Waals surface area contributed by atoms with Crippen molar-refractivity contribution in [1.82, 2.24) is 24.7 Å². The number of aromatic nitrogens is 5. The predicted octanol–water partition coefficient (Wildman–Crippen LogP) is 4.97. The number of hydrogen-bond acceptors (Lipinski definition) is 7. The number of methoxy groups -OCH3 is 1. The van der Waals surface area contributed by atoms with Gasteiger partial charge in [0.25, 0.3) is 0 Å². The minimum atomic E-state index is -0.105. The van der Waals surface area contributed by atoms with Crippen LogP contribution in [0.2, 0.25) is 0 Å². The summed E-state index contributed by atoms with van der Waals surface area (Å²) in [5.74, 6) is 2.88. The number of aryl methyl sites for hydroxylation is 4. The molecule has 0 amide bonds. The van der Waals surface area contributed by atoms with Gasteiger partial charge in [-0.15, -0.1) is 0 Å². The number of hydrogen-bond donors (Lipinski definition) is 1. The third kappa shape index (κ3) is 3.97. The molecule has 8 heteroatoms. The molecule has 0 radical (unpaired) electrons. The molecule has 1 aromatic carbocycles. The van der Waals surface area contributed by atoms with Gasteiger partial charge in [-0.25, -0.2) is 4.98 Å². The van der Waals surface area contributed by atoms with Gasteiger partial charge in [0.2, 0.25) is 5.89 Å². The van der Waals surface area contributed by atoms with Crippen molar-refractivity contribution in [1.29, 1.82) is 0 Å². The van der Waals surface area contributed by atoms with Crippen LogP contribution in [0.1, 0.15) is 54.5 Å². The summed E-state index contributed by atoms with van der Waals surface area (Å²) >= 11 is 0. The molecular formula is C23H28N6O2. The zero-order valence-corrected chi connectivity index (χ0v) is 18.9. The third-order valence-electron chi connectivity index (χ3n) is 5.34. The van der Waals surface area contributed by atoms with Crippen molar-refractivity contribution in [3.8, 4) is 16.9 Å². The van der Waals surface area contributed by atoms with Crippen LogP contribution in [-0.4, -0.2) is 31.8 Å². The van der Waals surface area contributed by atoms with Gasteiger partial charge < -0.3 is 14.6 Å². The van der Waals surface area contributed by atoms with Crippen molar-refractivity contribution in [3.05, 3.63) is 52.9 Å². The van der Waals surface area contributed by atoms with E-state index >= 15 is 0 Å². The number of anilines is 1. The molecule has 0 aliphatic rings. The maximum Gasteiger partial charge on any atom is 0.249 e. The van der Waals surface area contributed by atoms with Gasteiger partial charge in [0.15, 0.2) is 11.5 Å². The number of nitrogens with one attached hydrogen (secondary N) is 1. The van der Waals surface area contributed by atoms with E-state index in [0.717, 1.165) is 58.1 Å². The molecule has 3 aromatic heterocycles. The summed E-state index contributed by atoms with van der Waals surface area (Å²) in [6, 6.07) is 7.96. The molecule has 0 aliphatic carbocycles. The van der Waals surface area contributed by atoms with Gasteiger partial charge >= 0.3 is 0 Å². The highest BCUT2D eigenvalue weighted by Gasteiger charge is 2.22. The lowest BCUT2D eigenvalue weighted by molar-refractivity contribution is 0.352. The second-order valence-electron chi connectivity index (χ2n) is 7.82. The molecule has 1 unspecified atom stereocenters. The van der Waals surface area contributed by atoms with E-state index in [0.29, 0.717) is 11.7 Å². The lowest BCUT2D eigenvalue weighted by Crippen LogP contribution is -2.14. The Bertz CT molecular complexity index is 1230. The van der Waals surface area contributed by atoms with Crippen LogP contribution in [0.4, 0.5) is 5.82 Å². The van der Waals surface area contributed by atoms with Crippen molar-refractivity contribution in [2.45, 2.75) is 53.5 Å². The molecule has 0 saturated heterocycles. The van der Waals surface area contributed by atoms with Crippen molar-refractivity contribution >= 4 is 11.5 Å². The van der Waals surface area contributed by atoms with E-state index in [1.165, 1.54) is 0 Å². The fraction of sp³-hybridized carbons (Fsp3) is 0.391. The second-order valence-corrected chi connectivity index (χ2v) is 7.82. The van der Waals surface area contributed by atoms with E-state index in [-0.39, 0.29) is 6.04 Å². The van der Waals surface area contributed by atoms with Crippen LogP contribution in [0.5, 0.6) is 5.75 Å². The largest absolute Gasteiger partial charge is 0.497 e. The Balaban J connectivity index is 1.82. The molecule has 1 atom stereocenters. The smallest absolute Gasteiger partial charge is 0.249 e. The first-order valence-corrected chi connectivity index (χ1v) is 10.5. The maximum absolute atomic E-state index is 5.45. The third-order valence-corrected chi connectivity index (χ3v) is 5.34. The summed E-state index contributed by atoms with van der Waals surface area (Å²) in [6.07, 6.45) is 1.83. The molecule has 31 heavy (non-hydrogen) atoms. The highest BCUT2D eigenvalue weighted by molar-refractivity contribution is 5.83. The van der Waals surface area contributed by atoms with Crippen molar-refractivity contribution in [3.63, 3.8) is 0 Å². The minimum absolute atomic E-state index is 0.105. The minimum Gasteiger partial charge on any atom is -0.497 e. The lowest BCUT2D eigenvalue weighted by atomic mass is 10.0. The first-order chi connectivity index (χ1) is 14.9. The topological polar surface area (TPSA) is 90.4 Å². The SMILES string of the molecule is CCCC(Nc1cc(C)nc2c(-c3ccc(OC)cc3C)c(C)nn12)c1nc(C)no1. The second kappa shape index (κ2) is 8.37. The molecule has 0 bridgehead atoms. The Morgan fingerprint density at radius 1 is 1.13 bits per heavy atom. The predicted molar refractivity (Wildman–Crippen MR) is 119 cm³/mol. The van der Waals surface area contributed by atoms with Crippen LogP contribution < -0.4 is 10.1 Å². The van der Waals surface area contributed by atoms with Crippen LogP contribution in [0.15, 0.2) is 28.8 Å². The van der Waals surface area contributed by atoms with E-state index in [2.05, 4.69) is 35.4 Å². The molecule has 0 spiro atoms. The monoisotopic (exact) mass is 420 g/mol. The Hall–Kier alpha value is -3.42. The van der Waals surface area contributed by atoms with Gasteiger partial charge in [-0.3, -0.25) is 0 Å². The maximum atomic E-state index is 5.45. The molecular weight excluding hydrogens is 392 g/mol. The van der Waals surface area contributed by atoms with Crippen LogP contribution in [0, 0.1) is 27.7 Å². The normalized spacial score (nSPS) is 12.3. The van der Waals surface area contributed by atoms with Gasteiger partial charge in [0.05, 0.1) is 12.8 Å². The van der Waals surface area contributed by atoms with Crippen LogP contribution in [0.3, 0.4) is 0 Å². The molecule has 0 fully saturated rings. The molecule has 162 valence electrons. The quantitative estimate of drug-likeness (QED) is 0.451. The summed E-state index contributed by atoms with van der Waals surface area (Å²) in [5.41, 5.74) is 5.85. The standard InChI is InChI=1S/C23H28N6O2/c1-7-8-19(23-25-16(5)28-31-23)26-20-12-14(3)24-22-21(15(4)27-29(20)22)18-10-9-17(30-6)11-13(18)2/h9-12,19,26H,7-8H2,1-6H3. The van der Waals surface area contributed by atoms with Gasteiger partial charge in [-0.1, -0.05) is 24.6 Å². The summed E-state index contributed by atoms with van der Waals surface area (Å²) in [6.45, 7) is 10.0. The zero-order chi connectivity index (χ0) is 22.1. The Labute approximate surface area is 181 Å². The summed E-state index contributed by atoms with van der Waals surface area (Å²) in [7, 11) is 1.68. The highest BCUT2D eigenvalue weighted by Crippen LogP contribution is 2.34. The Morgan fingerprint density at radius 2 is 1.94 bits per heavy atom. The van der Waals surface area contributed by atoms with Crippen LogP contribution in [-0.2, 0) is 0 Å². The fourth-order valence-corrected chi connectivity index (χ4v) is 3.89. The highest BCUT2D eigenvalue weighted by atomic mass is 16.5. The molecule has 8 nitrogen and oxygen atoms in total. The Kier molecular flexibility index (Phi) is 5.63. The first-order valence-electron chi connectivity index (χ1n) is 10.5. The number of ether oxygens (including phenoxy) is 1. The van der Waals surface area contributed by atoms with E-state index in [1.54, 1.807) is 7.11 Å². The summed E-state index contributed by atoms with van der Waals surface area (Å²) in [5, 5.41) is 12.3. The number of rotatable bonds is 7. The summed E-state index contributed by atoms with van der Waals surface area (Å²) in [4.78, 5) is 9.25. The number of benzene rings is 1. The van der Waals surface area contributed by atoms with Crippen molar-refractivity contribution in [2.75, 3.05) is 12.4 Å². The fourth-order valence-electron chi connectivity index (χ4n) is 3.89. The molecule has 4 aromatic rings. The van der Waals surface area contributed by atoms with E-state index in [9.17, 15) is 0 Å². The molecule has 4 rings (SSSR count). The van der Waals surface area contributed by atoms with E-state index < -0.39 is 0 Å².